The van der Waals surface area contributed by atoms with Gasteiger partial charge in [-0.3, -0.25) is 19.3 Å². The van der Waals surface area contributed by atoms with E-state index in [0.717, 1.165) is 23.8 Å². The van der Waals surface area contributed by atoms with Gasteiger partial charge in [-0.05, 0) is 99.4 Å². The molecule has 1 heterocycles. The first-order valence-electron chi connectivity index (χ1n) is 7.87. The zero-order chi connectivity index (χ0) is 20.4. The first-order valence-corrected chi connectivity index (χ1v) is 11.2. The summed E-state index contributed by atoms with van der Waals surface area (Å²) in [6.45, 7) is -0.315. The molecule has 3 rings (SSSR count). The summed E-state index contributed by atoms with van der Waals surface area (Å²) < 4.78 is 7.30. The Labute approximate surface area is 198 Å². The summed E-state index contributed by atoms with van der Waals surface area (Å²) in [5.74, 6) is -0.195. The predicted molar refractivity (Wildman–Crippen MR) is 127 cm³/mol. The molecule has 1 aliphatic heterocycles. The molecule has 0 aliphatic carbocycles. The van der Waals surface area contributed by atoms with Crippen LogP contribution in [0.15, 0.2) is 41.3 Å². The molecule has 9 heteroatoms. The van der Waals surface area contributed by atoms with Crippen LogP contribution in [0.1, 0.15) is 15.9 Å². The highest BCUT2D eigenvalue weighted by Gasteiger charge is 2.36. The third-order valence-corrected chi connectivity index (χ3v) is 6.45. The van der Waals surface area contributed by atoms with Gasteiger partial charge in [0.05, 0.1) is 22.1 Å². The van der Waals surface area contributed by atoms with E-state index in [0.29, 0.717) is 21.9 Å². The van der Waals surface area contributed by atoms with Gasteiger partial charge in [0.2, 0.25) is 0 Å². The number of amides is 2. The summed E-state index contributed by atoms with van der Waals surface area (Å²) in [6, 6.07) is 10.1. The lowest BCUT2D eigenvalue weighted by Crippen LogP contribution is -2.33. The molecule has 0 spiro atoms. The van der Waals surface area contributed by atoms with Gasteiger partial charge in [0.15, 0.2) is 5.78 Å². The molecule has 0 N–H and O–H groups in total. The largest absolute Gasteiger partial charge is 0.495 e. The van der Waals surface area contributed by atoms with Crippen LogP contribution in [-0.2, 0) is 4.79 Å². The van der Waals surface area contributed by atoms with Gasteiger partial charge in [-0.15, -0.1) is 0 Å². The summed E-state index contributed by atoms with van der Waals surface area (Å²) >= 11 is 11.0. The Morgan fingerprint density at radius 1 is 1.21 bits per heavy atom. The van der Waals surface area contributed by atoms with Gasteiger partial charge in [-0.1, -0.05) is 11.6 Å². The molecule has 2 aromatic rings. The van der Waals surface area contributed by atoms with Gasteiger partial charge in [0.1, 0.15) is 5.75 Å². The van der Waals surface area contributed by atoms with Gasteiger partial charge in [-0.25, -0.2) is 0 Å². The molecule has 28 heavy (non-hydrogen) atoms. The Morgan fingerprint density at radius 3 is 2.54 bits per heavy atom. The number of rotatable bonds is 5. The van der Waals surface area contributed by atoms with Gasteiger partial charge >= 0.3 is 0 Å². The maximum Gasteiger partial charge on any atom is 0.293 e. The number of halogens is 3. The fraction of sp³-hybridized carbons (Fsp3) is 0.105. The van der Waals surface area contributed by atoms with Crippen LogP contribution in [0.4, 0.5) is 4.79 Å². The Hall–Kier alpha value is -1.11. The molecular formula is C19H12ClI2NO4S. The Kier molecular flexibility index (Phi) is 7.05. The van der Waals surface area contributed by atoms with Crippen molar-refractivity contribution >= 4 is 91.6 Å². The van der Waals surface area contributed by atoms with Crippen LogP contribution < -0.4 is 4.74 Å². The van der Waals surface area contributed by atoms with Gasteiger partial charge in [-0.2, -0.15) is 0 Å². The zero-order valence-corrected chi connectivity index (χ0v) is 20.3. The molecule has 0 bridgehead atoms. The van der Waals surface area contributed by atoms with E-state index in [1.807, 2.05) is 12.1 Å². The summed E-state index contributed by atoms with van der Waals surface area (Å²) in [7, 11) is 1.55. The number of ether oxygens (including phenoxy) is 1. The fourth-order valence-corrected chi connectivity index (χ4v) is 5.62. The number of carbonyl (C=O) groups is 3. The van der Waals surface area contributed by atoms with Crippen molar-refractivity contribution < 1.29 is 19.1 Å². The van der Waals surface area contributed by atoms with Gasteiger partial charge < -0.3 is 4.74 Å². The fourth-order valence-electron chi connectivity index (χ4n) is 2.55. The second-order valence-corrected chi connectivity index (χ2v) is 9.55. The molecule has 5 nitrogen and oxygen atoms in total. The molecule has 1 fully saturated rings. The lowest BCUT2D eigenvalue weighted by molar-refractivity contribution is -0.122. The van der Waals surface area contributed by atoms with E-state index < -0.39 is 11.1 Å². The van der Waals surface area contributed by atoms with Crippen molar-refractivity contribution in [3.05, 3.63) is 64.6 Å². The molecular weight excluding hydrogens is 628 g/mol. The summed E-state index contributed by atoms with van der Waals surface area (Å²) in [5, 5.41) is 0.0320. The molecule has 1 aliphatic rings. The number of nitrogens with zero attached hydrogens (tertiary/aromatic N) is 1. The van der Waals surface area contributed by atoms with Crippen LogP contribution in [0.3, 0.4) is 0 Å². The lowest BCUT2D eigenvalue weighted by Gasteiger charge is -2.11. The smallest absolute Gasteiger partial charge is 0.293 e. The number of carbonyl (C=O) groups excluding carboxylic acids is 3. The van der Waals surface area contributed by atoms with Crippen molar-refractivity contribution in [2.24, 2.45) is 0 Å². The molecule has 2 aromatic carbocycles. The average molecular weight is 640 g/mol. The van der Waals surface area contributed by atoms with E-state index in [4.69, 9.17) is 16.3 Å². The van der Waals surface area contributed by atoms with E-state index in [1.54, 1.807) is 37.5 Å². The average Bonchev–Trinajstić information content (AvgIpc) is 2.89. The maximum atomic E-state index is 12.7. The molecule has 1 saturated heterocycles. The van der Waals surface area contributed by atoms with Crippen LogP contribution >= 0.6 is 68.5 Å². The highest BCUT2D eigenvalue weighted by Crippen LogP contribution is 2.36. The minimum atomic E-state index is -0.492. The third kappa shape index (κ3) is 4.71. The van der Waals surface area contributed by atoms with E-state index >= 15 is 0 Å². The summed E-state index contributed by atoms with van der Waals surface area (Å²) in [6.07, 6.45) is 1.63. The number of methoxy groups -OCH3 is 1. The SMILES string of the molecule is COc1c(I)cc(I)cc1/C=C1/SC(=O)N(CC(=O)c2ccc(Cl)cc2)C1=O. The number of Topliss-reactive ketones (excluding diaryl/α,β-unsaturated/α-hetero) is 1. The number of hydrogen-bond acceptors (Lipinski definition) is 5. The Bertz CT molecular complexity index is 1010. The van der Waals surface area contributed by atoms with Crippen molar-refractivity contribution in [2.75, 3.05) is 13.7 Å². The van der Waals surface area contributed by atoms with E-state index in [9.17, 15) is 14.4 Å². The van der Waals surface area contributed by atoms with Crippen molar-refractivity contribution in [2.45, 2.75) is 0 Å². The van der Waals surface area contributed by atoms with Gasteiger partial charge in [0, 0.05) is 19.7 Å². The first-order chi connectivity index (χ1) is 13.3. The number of thioether (sulfide) groups is 1. The van der Waals surface area contributed by atoms with E-state index in [2.05, 4.69) is 45.2 Å². The van der Waals surface area contributed by atoms with Crippen LogP contribution in [0.25, 0.3) is 6.08 Å². The molecule has 0 unspecified atom stereocenters. The predicted octanol–water partition coefficient (Wildman–Crippen LogP) is 5.48. The number of benzene rings is 2. The summed E-state index contributed by atoms with van der Waals surface area (Å²) in [4.78, 5) is 38.7. The monoisotopic (exact) mass is 639 g/mol. The minimum Gasteiger partial charge on any atom is -0.495 e. The van der Waals surface area contributed by atoms with Crippen LogP contribution in [0.2, 0.25) is 5.02 Å². The molecule has 0 saturated carbocycles. The minimum absolute atomic E-state index is 0.255. The van der Waals surface area contributed by atoms with Crippen molar-refractivity contribution in [3.8, 4) is 5.75 Å². The molecule has 0 atom stereocenters. The standard InChI is InChI=1S/C19H12ClI2NO4S/c1-27-17-11(6-13(21)8-14(17)22)7-16-18(25)23(19(26)28-16)9-15(24)10-2-4-12(20)5-3-10/h2-8H,9H2,1H3/b16-7+. The molecule has 144 valence electrons. The second kappa shape index (κ2) is 9.14. The molecule has 2 amide bonds. The highest BCUT2D eigenvalue weighted by molar-refractivity contribution is 14.1. The third-order valence-electron chi connectivity index (χ3n) is 3.87. The Balaban J connectivity index is 1.85. The summed E-state index contributed by atoms with van der Waals surface area (Å²) in [5.41, 5.74) is 1.09. The maximum absolute atomic E-state index is 12.7. The first kappa shape index (κ1) is 21.6. The highest BCUT2D eigenvalue weighted by atomic mass is 127. The molecule has 0 radical (unpaired) electrons. The number of hydrogen-bond donors (Lipinski definition) is 0. The Morgan fingerprint density at radius 2 is 1.89 bits per heavy atom. The quantitative estimate of drug-likeness (QED) is 0.247. The van der Waals surface area contributed by atoms with Crippen molar-refractivity contribution in [1.29, 1.82) is 0 Å². The number of imide groups is 1. The normalized spacial score (nSPS) is 15.4. The lowest BCUT2D eigenvalue weighted by atomic mass is 10.1. The molecule has 0 aromatic heterocycles. The van der Waals surface area contributed by atoms with Crippen molar-refractivity contribution in [3.63, 3.8) is 0 Å². The van der Waals surface area contributed by atoms with Gasteiger partial charge in [0.25, 0.3) is 11.1 Å². The topological polar surface area (TPSA) is 63.7 Å². The van der Waals surface area contributed by atoms with Crippen LogP contribution in [0, 0.1) is 7.14 Å². The second-order valence-electron chi connectivity index (χ2n) is 5.71. The van der Waals surface area contributed by atoms with Crippen LogP contribution in [0.5, 0.6) is 5.75 Å². The van der Waals surface area contributed by atoms with E-state index in [1.165, 1.54) is 0 Å². The van der Waals surface area contributed by atoms with Crippen LogP contribution in [-0.4, -0.2) is 35.5 Å². The number of ketones is 1. The van der Waals surface area contributed by atoms with E-state index in [-0.39, 0.29) is 17.2 Å². The van der Waals surface area contributed by atoms with Crippen molar-refractivity contribution in [1.82, 2.24) is 4.90 Å². The zero-order valence-electron chi connectivity index (χ0n) is 14.4.